The van der Waals surface area contributed by atoms with Gasteiger partial charge in [0.25, 0.3) is 5.69 Å². The normalized spacial score (nSPS) is 11.2. The van der Waals surface area contributed by atoms with Crippen LogP contribution in [0.2, 0.25) is 0 Å². The second-order valence-electron chi connectivity index (χ2n) is 7.06. The Hall–Kier alpha value is -3.83. The van der Waals surface area contributed by atoms with Gasteiger partial charge in [-0.3, -0.25) is 19.3 Å². The molecular formula is C22H12F2N4O3S2. The van der Waals surface area contributed by atoms with Gasteiger partial charge in [-0.15, -0.1) is 22.7 Å². The fraction of sp³-hybridized carbons (Fsp3) is 0.0455. The molecule has 3 heterocycles. The first-order valence-corrected chi connectivity index (χ1v) is 11.2. The van der Waals surface area contributed by atoms with Gasteiger partial charge in [-0.1, -0.05) is 0 Å². The fourth-order valence-electron chi connectivity index (χ4n) is 3.46. The minimum atomic E-state index is -0.855. The van der Waals surface area contributed by atoms with Crippen LogP contribution in [0.1, 0.15) is 20.9 Å². The molecule has 0 radical (unpaired) electrons. The maximum absolute atomic E-state index is 14.4. The van der Waals surface area contributed by atoms with E-state index in [-0.39, 0.29) is 16.3 Å². The number of ketones is 1. The average molecular weight is 482 g/mol. The van der Waals surface area contributed by atoms with Crippen LogP contribution in [0.4, 0.5) is 14.5 Å². The van der Waals surface area contributed by atoms with Crippen LogP contribution in [0.3, 0.4) is 0 Å². The maximum atomic E-state index is 14.4. The highest BCUT2D eigenvalue weighted by atomic mass is 32.1. The number of nitro groups is 1. The number of halogens is 2. The predicted molar refractivity (Wildman–Crippen MR) is 121 cm³/mol. The number of thiazole rings is 2. The molecule has 0 N–H and O–H groups in total. The monoisotopic (exact) mass is 482 g/mol. The summed E-state index contributed by atoms with van der Waals surface area (Å²) in [7, 11) is 0. The summed E-state index contributed by atoms with van der Waals surface area (Å²) < 4.78 is 30.0. The average Bonchev–Trinajstić information content (AvgIpc) is 3.49. The molecule has 5 aromatic rings. The lowest BCUT2D eigenvalue weighted by molar-refractivity contribution is -0.384. The van der Waals surface area contributed by atoms with Crippen LogP contribution in [0.5, 0.6) is 0 Å². The third-order valence-corrected chi connectivity index (χ3v) is 6.81. The summed E-state index contributed by atoms with van der Waals surface area (Å²) in [5.41, 5.74) is 1.50. The van der Waals surface area contributed by atoms with Crippen LogP contribution >= 0.6 is 22.7 Å². The van der Waals surface area contributed by atoms with Crippen LogP contribution in [0.25, 0.3) is 26.9 Å². The quantitative estimate of drug-likeness (QED) is 0.176. The number of fused-ring (bicyclic) bond motifs is 1. The van der Waals surface area contributed by atoms with Crippen molar-refractivity contribution < 1.29 is 18.5 Å². The first-order valence-electron chi connectivity index (χ1n) is 9.51. The Balaban J connectivity index is 1.72. The summed E-state index contributed by atoms with van der Waals surface area (Å²) in [4.78, 5) is 33.8. The minimum Gasteiger partial charge on any atom is -0.288 e. The smallest absolute Gasteiger partial charge is 0.269 e. The molecule has 0 saturated carbocycles. The Bertz CT molecular complexity index is 1550. The number of imidazole rings is 1. The van der Waals surface area contributed by atoms with E-state index in [2.05, 4.69) is 9.97 Å². The van der Waals surface area contributed by atoms with Crippen molar-refractivity contribution in [3.8, 4) is 22.0 Å². The second kappa shape index (κ2) is 7.94. The zero-order valence-corrected chi connectivity index (χ0v) is 18.4. The molecule has 0 aliphatic carbocycles. The number of benzene rings is 2. The number of non-ortho nitro benzene ring substituents is 1. The summed E-state index contributed by atoms with van der Waals surface area (Å²) in [5.74, 6) is -2.33. The summed E-state index contributed by atoms with van der Waals surface area (Å²) in [6.07, 6.45) is 1.83. The van der Waals surface area contributed by atoms with Gasteiger partial charge in [0.2, 0.25) is 5.78 Å². The number of aryl methyl sites for hydroxylation is 1. The number of aromatic nitrogens is 3. The van der Waals surface area contributed by atoms with Crippen LogP contribution in [0, 0.1) is 28.7 Å². The molecule has 33 heavy (non-hydrogen) atoms. The molecule has 0 unspecified atom stereocenters. The van der Waals surface area contributed by atoms with Crippen molar-refractivity contribution in [1.29, 1.82) is 0 Å². The predicted octanol–water partition coefficient (Wildman–Crippen LogP) is 5.91. The lowest BCUT2D eigenvalue weighted by Gasteiger charge is -2.04. The Morgan fingerprint density at radius 1 is 1.12 bits per heavy atom. The van der Waals surface area contributed by atoms with E-state index in [0.717, 1.165) is 34.5 Å². The van der Waals surface area contributed by atoms with Gasteiger partial charge in [0.15, 0.2) is 4.96 Å². The van der Waals surface area contributed by atoms with Crippen molar-refractivity contribution >= 4 is 39.1 Å². The van der Waals surface area contributed by atoms with Gasteiger partial charge in [-0.2, -0.15) is 0 Å². The zero-order chi connectivity index (χ0) is 23.3. The Morgan fingerprint density at radius 3 is 2.61 bits per heavy atom. The number of carbonyl (C=O) groups excluding carboxylic acids is 1. The number of hydrogen-bond acceptors (Lipinski definition) is 7. The molecule has 164 valence electrons. The summed E-state index contributed by atoms with van der Waals surface area (Å²) in [6, 6.07) is 8.21. The third kappa shape index (κ3) is 3.60. The third-order valence-electron chi connectivity index (χ3n) is 5.00. The molecule has 2 aromatic carbocycles. The first kappa shape index (κ1) is 21.0. The van der Waals surface area contributed by atoms with Crippen molar-refractivity contribution in [1.82, 2.24) is 14.4 Å². The molecule has 0 amide bonds. The number of nitro benzene ring substituents is 1. The van der Waals surface area contributed by atoms with E-state index in [0.29, 0.717) is 22.0 Å². The van der Waals surface area contributed by atoms with Gasteiger partial charge in [0, 0.05) is 29.3 Å². The van der Waals surface area contributed by atoms with Gasteiger partial charge in [-0.05, 0) is 37.3 Å². The van der Waals surface area contributed by atoms with Crippen LogP contribution < -0.4 is 0 Å². The highest BCUT2D eigenvalue weighted by Crippen LogP contribution is 2.38. The first-order chi connectivity index (χ1) is 15.8. The molecule has 3 aromatic heterocycles. The lowest BCUT2D eigenvalue weighted by atomic mass is 10.0. The molecule has 5 rings (SSSR count). The summed E-state index contributed by atoms with van der Waals surface area (Å²) >= 11 is 2.47. The largest absolute Gasteiger partial charge is 0.288 e. The molecular weight excluding hydrogens is 470 g/mol. The van der Waals surface area contributed by atoms with Gasteiger partial charge in [0.05, 0.1) is 21.9 Å². The van der Waals surface area contributed by atoms with E-state index in [9.17, 15) is 23.7 Å². The van der Waals surface area contributed by atoms with Gasteiger partial charge in [0.1, 0.15) is 27.2 Å². The number of carbonyl (C=O) groups is 1. The van der Waals surface area contributed by atoms with E-state index in [4.69, 9.17) is 0 Å². The van der Waals surface area contributed by atoms with Crippen LogP contribution in [0.15, 0.2) is 54.0 Å². The Labute approximate surface area is 192 Å². The highest BCUT2D eigenvalue weighted by Gasteiger charge is 2.26. The summed E-state index contributed by atoms with van der Waals surface area (Å²) in [5, 5.41) is 13.4. The molecule has 0 spiro atoms. The number of rotatable bonds is 5. The Kier molecular flexibility index (Phi) is 5.06. The molecule has 0 bridgehead atoms. The van der Waals surface area contributed by atoms with E-state index in [1.807, 2.05) is 22.9 Å². The maximum Gasteiger partial charge on any atom is 0.269 e. The van der Waals surface area contributed by atoms with E-state index in [1.54, 1.807) is 0 Å². The zero-order valence-electron chi connectivity index (χ0n) is 16.8. The van der Waals surface area contributed by atoms with E-state index in [1.165, 1.54) is 35.6 Å². The molecule has 0 fully saturated rings. The molecule has 0 aliphatic rings. The van der Waals surface area contributed by atoms with E-state index < -0.39 is 27.9 Å². The van der Waals surface area contributed by atoms with Crippen molar-refractivity contribution in [2.45, 2.75) is 6.92 Å². The fourth-order valence-corrected chi connectivity index (χ4v) is 5.35. The topological polar surface area (TPSA) is 90.4 Å². The van der Waals surface area contributed by atoms with Crippen molar-refractivity contribution in [3.63, 3.8) is 0 Å². The molecule has 0 saturated heterocycles. The van der Waals surface area contributed by atoms with Gasteiger partial charge in [-0.25, -0.2) is 18.7 Å². The SMILES string of the molecule is Cc1nc2sccn2c1-c1nc(-c2ccc([N+](=O)[O-])cc2)c(C(=O)c2cc(F)ccc2F)s1. The van der Waals surface area contributed by atoms with Crippen molar-refractivity contribution in [2.75, 3.05) is 0 Å². The van der Waals surface area contributed by atoms with Gasteiger partial charge < -0.3 is 0 Å². The van der Waals surface area contributed by atoms with Gasteiger partial charge >= 0.3 is 0 Å². The molecule has 0 atom stereocenters. The summed E-state index contributed by atoms with van der Waals surface area (Å²) in [6.45, 7) is 1.82. The lowest BCUT2D eigenvalue weighted by Crippen LogP contribution is -2.04. The highest BCUT2D eigenvalue weighted by molar-refractivity contribution is 7.17. The number of nitrogens with zero attached hydrogens (tertiary/aromatic N) is 4. The van der Waals surface area contributed by atoms with Crippen LogP contribution in [-0.4, -0.2) is 25.1 Å². The van der Waals surface area contributed by atoms with Crippen LogP contribution in [-0.2, 0) is 0 Å². The molecule has 11 heteroatoms. The molecule has 7 nitrogen and oxygen atoms in total. The van der Waals surface area contributed by atoms with E-state index >= 15 is 0 Å². The van der Waals surface area contributed by atoms with Crippen molar-refractivity contribution in [3.05, 3.63) is 91.9 Å². The Morgan fingerprint density at radius 2 is 1.88 bits per heavy atom. The minimum absolute atomic E-state index is 0.0907. The second-order valence-corrected chi connectivity index (χ2v) is 8.93. The molecule has 0 aliphatic heterocycles. The van der Waals surface area contributed by atoms with Crippen molar-refractivity contribution in [2.24, 2.45) is 0 Å². The standard InChI is InChI=1S/C22H12F2N4O3S2/c1-11-18(27-8-9-32-22(27)25-11)21-26-17(12-2-5-14(6-3-12)28(30)31)20(33-21)19(29)15-10-13(23)4-7-16(15)24/h2-10H,1H3. The number of hydrogen-bond donors (Lipinski definition) is 0.